The third-order valence-corrected chi connectivity index (χ3v) is 7.33. The Balaban J connectivity index is 1.71. The molecule has 0 radical (unpaired) electrons. The first kappa shape index (κ1) is 23.3. The van der Waals surface area contributed by atoms with Crippen LogP contribution in [0, 0.1) is 6.92 Å². The number of nitrogens with two attached hydrogens (primary N) is 1. The molecule has 2 aromatic rings. The molecular formula is C20H27N5O4S2. The largest absolute Gasteiger partial charge is 0.459 e. The lowest BCUT2D eigenvalue weighted by molar-refractivity contribution is -0.113. The maximum Gasteiger partial charge on any atom is 0.341 e. The number of thiophene rings is 1. The minimum Gasteiger partial charge on any atom is -0.459 e. The van der Waals surface area contributed by atoms with Crippen molar-refractivity contribution in [3.63, 3.8) is 0 Å². The number of carbonyl (C=O) groups is 3. The van der Waals surface area contributed by atoms with Crippen molar-refractivity contribution in [2.24, 2.45) is 12.8 Å². The molecule has 0 bridgehead atoms. The average molecular weight is 466 g/mol. The second-order valence-corrected chi connectivity index (χ2v) is 9.76. The Hall–Kier alpha value is -2.40. The highest BCUT2D eigenvalue weighted by Gasteiger charge is 2.27. The number of nitrogens with zero attached hydrogens (tertiary/aromatic N) is 3. The van der Waals surface area contributed by atoms with Crippen LogP contribution in [0.5, 0.6) is 0 Å². The van der Waals surface area contributed by atoms with E-state index >= 15 is 0 Å². The summed E-state index contributed by atoms with van der Waals surface area (Å²) in [6.07, 6.45) is 4.31. The van der Waals surface area contributed by atoms with E-state index in [1.165, 1.54) is 24.6 Å². The van der Waals surface area contributed by atoms with Gasteiger partial charge in [-0.25, -0.2) is 4.79 Å². The fourth-order valence-electron chi connectivity index (χ4n) is 3.64. The van der Waals surface area contributed by atoms with Gasteiger partial charge in [0, 0.05) is 13.0 Å². The van der Waals surface area contributed by atoms with Gasteiger partial charge in [-0.3, -0.25) is 9.59 Å². The highest BCUT2D eigenvalue weighted by atomic mass is 32.2. The van der Waals surface area contributed by atoms with Crippen LogP contribution in [0.15, 0.2) is 5.16 Å². The van der Waals surface area contributed by atoms with Crippen molar-refractivity contribution in [3.05, 3.63) is 21.8 Å². The van der Waals surface area contributed by atoms with Crippen LogP contribution >= 0.6 is 23.1 Å². The Labute approximate surface area is 189 Å². The SMILES string of the molecule is Cc1c(C(N)=O)sc(NC(=O)CSc2nnc(C3CCCC3)n2C)c1C(=O)OC(C)C. The van der Waals surface area contributed by atoms with E-state index in [0.29, 0.717) is 16.6 Å². The molecule has 1 saturated carbocycles. The van der Waals surface area contributed by atoms with Crippen LogP contribution in [0.3, 0.4) is 0 Å². The van der Waals surface area contributed by atoms with E-state index in [-0.39, 0.29) is 33.2 Å². The van der Waals surface area contributed by atoms with Crippen molar-refractivity contribution in [2.75, 3.05) is 11.1 Å². The molecule has 2 amide bonds. The van der Waals surface area contributed by atoms with Gasteiger partial charge in [-0.15, -0.1) is 21.5 Å². The second-order valence-electron chi connectivity index (χ2n) is 7.80. The van der Waals surface area contributed by atoms with Gasteiger partial charge in [0.15, 0.2) is 5.16 Å². The summed E-state index contributed by atoms with van der Waals surface area (Å²) in [4.78, 5) is 37.1. The molecular weight excluding hydrogens is 438 g/mol. The van der Waals surface area contributed by atoms with Gasteiger partial charge >= 0.3 is 5.97 Å². The number of esters is 1. The molecule has 11 heteroatoms. The Bertz CT molecular complexity index is 992. The lowest BCUT2D eigenvalue weighted by Crippen LogP contribution is -2.18. The third kappa shape index (κ3) is 5.27. The molecule has 9 nitrogen and oxygen atoms in total. The maximum atomic E-state index is 12.6. The zero-order chi connectivity index (χ0) is 22.7. The van der Waals surface area contributed by atoms with Crippen LogP contribution in [0.1, 0.15) is 76.9 Å². The summed E-state index contributed by atoms with van der Waals surface area (Å²) in [5, 5.41) is 12.2. The smallest absolute Gasteiger partial charge is 0.341 e. The Morgan fingerprint density at radius 2 is 1.97 bits per heavy atom. The molecule has 0 saturated heterocycles. The molecule has 1 aliphatic carbocycles. The fourth-order valence-corrected chi connectivity index (χ4v) is 5.42. The van der Waals surface area contributed by atoms with Gasteiger partial charge in [0.1, 0.15) is 10.8 Å². The first-order chi connectivity index (χ1) is 14.7. The Morgan fingerprint density at radius 1 is 1.29 bits per heavy atom. The van der Waals surface area contributed by atoms with E-state index < -0.39 is 11.9 Å². The van der Waals surface area contributed by atoms with Gasteiger partial charge in [0.05, 0.1) is 22.3 Å². The van der Waals surface area contributed by atoms with E-state index in [1.807, 2.05) is 11.6 Å². The number of carbonyl (C=O) groups excluding carboxylic acids is 3. The molecule has 0 aliphatic heterocycles. The number of aromatic nitrogens is 3. The molecule has 0 atom stereocenters. The summed E-state index contributed by atoms with van der Waals surface area (Å²) >= 11 is 2.24. The number of hydrogen-bond donors (Lipinski definition) is 2. The minimum absolute atomic E-state index is 0.0815. The molecule has 1 fully saturated rings. The van der Waals surface area contributed by atoms with Gasteiger partial charge in [-0.1, -0.05) is 24.6 Å². The molecule has 2 aromatic heterocycles. The Morgan fingerprint density at radius 3 is 2.58 bits per heavy atom. The van der Waals surface area contributed by atoms with Crippen molar-refractivity contribution in [1.29, 1.82) is 0 Å². The van der Waals surface area contributed by atoms with Gasteiger partial charge in [-0.2, -0.15) is 0 Å². The number of ether oxygens (including phenoxy) is 1. The molecule has 31 heavy (non-hydrogen) atoms. The van der Waals surface area contributed by atoms with E-state index in [2.05, 4.69) is 15.5 Å². The molecule has 2 heterocycles. The lowest BCUT2D eigenvalue weighted by atomic mass is 10.1. The normalized spacial score (nSPS) is 14.2. The van der Waals surface area contributed by atoms with Crippen LogP contribution in [-0.4, -0.2) is 44.4 Å². The summed E-state index contributed by atoms with van der Waals surface area (Å²) < 4.78 is 7.21. The molecule has 0 aromatic carbocycles. The maximum absolute atomic E-state index is 12.6. The summed E-state index contributed by atoms with van der Waals surface area (Å²) in [5.74, 6) is -0.122. The number of thioether (sulfide) groups is 1. The monoisotopic (exact) mass is 465 g/mol. The highest BCUT2D eigenvalue weighted by Crippen LogP contribution is 2.35. The standard InChI is InChI=1S/C20H27N5O4S2/c1-10(2)29-19(28)14-11(3)15(16(21)27)31-18(14)22-13(26)9-30-20-24-23-17(25(20)4)12-7-5-6-8-12/h10,12H,5-9H2,1-4H3,(H2,21,27)(H,22,26). The number of nitrogens with one attached hydrogen (secondary N) is 1. The van der Waals surface area contributed by atoms with E-state index in [1.54, 1.807) is 20.8 Å². The number of rotatable bonds is 8. The fraction of sp³-hybridized carbons (Fsp3) is 0.550. The summed E-state index contributed by atoms with van der Waals surface area (Å²) in [7, 11) is 1.91. The topological polar surface area (TPSA) is 129 Å². The lowest BCUT2D eigenvalue weighted by Gasteiger charge is -2.10. The minimum atomic E-state index is -0.658. The van der Waals surface area contributed by atoms with Crippen LogP contribution in [-0.2, 0) is 16.6 Å². The zero-order valence-electron chi connectivity index (χ0n) is 18.1. The van der Waals surface area contributed by atoms with Crippen molar-refractivity contribution in [1.82, 2.24) is 14.8 Å². The van der Waals surface area contributed by atoms with Gasteiger partial charge < -0.3 is 20.4 Å². The summed E-state index contributed by atoms with van der Waals surface area (Å²) in [6, 6.07) is 0. The molecule has 3 rings (SSSR count). The molecule has 1 aliphatic rings. The predicted molar refractivity (Wildman–Crippen MR) is 120 cm³/mol. The number of anilines is 1. The van der Waals surface area contributed by atoms with Crippen LogP contribution in [0.25, 0.3) is 0 Å². The quantitative estimate of drug-likeness (QED) is 0.452. The van der Waals surface area contributed by atoms with Crippen molar-refractivity contribution < 1.29 is 19.1 Å². The number of primary amides is 1. The molecule has 168 valence electrons. The van der Waals surface area contributed by atoms with E-state index in [0.717, 1.165) is 30.0 Å². The van der Waals surface area contributed by atoms with Crippen LogP contribution in [0.2, 0.25) is 0 Å². The number of amides is 2. The first-order valence-corrected chi connectivity index (χ1v) is 11.9. The van der Waals surface area contributed by atoms with Crippen LogP contribution in [0.4, 0.5) is 5.00 Å². The zero-order valence-corrected chi connectivity index (χ0v) is 19.7. The average Bonchev–Trinajstić information content (AvgIpc) is 3.39. The molecule has 0 spiro atoms. The number of hydrogen-bond acceptors (Lipinski definition) is 8. The van der Waals surface area contributed by atoms with Crippen molar-refractivity contribution in [2.45, 2.75) is 63.6 Å². The van der Waals surface area contributed by atoms with Gasteiger partial charge in [0.25, 0.3) is 5.91 Å². The first-order valence-electron chi connectivity index (χ1n) is 10.1. The van der Waals surface area contributed by atoms with Crippen molar-refractivity contribution in [3.8, 4) is 0 Å². The van der Waals surface area contributed by atoms with E-state index in [9.17, 15) is 14.4 Å². The Kier molecular flexibility index (Phi) is 7.37. The van der Waals surface area contributed by atoms with Crippen LogP contribution < -0.4 is 11.1 Å². The highest BCUT2D eigenvalue weighted by molar-refractivity contribution is 7.99. The third-order valence-electron chi connectivity index (χ3n) is 5.09. The summed E-state index contributed by atoms with van der Waals surface area (Å²) in [6.45, 7) is 5.07. The summed E-state index contributed by atoms with van der Waals surface area (Å²) in [5.41, 5.74) is 5.98. The van der Waals surface area contributed by atoms with E-state index in [4.69, 9.17) is 10.5 Å². The predicted octanol–water partition coefficient (Wildman–Crippen LogP) is 3.24. The van der Waals surface area contributed by atoms with Crippen molar-refractivity contribution >= 4 is 45.9 Å². The second kappa shape index (κ2) is 9.82. The van der Waals surface area contributed by atoms with Gasteiger partial charge in [-0.05, 0) is 39.2 Å². The molecule has 3 N–H and O–H groups in total. The molecule has 0 unspecified atom stereocenters. The van der Waals surface area contributed by atoms with Gasteiger partial charge in [0.2, 0.25) is 5.91 Å².